The van der Waals surface area contributed by atoms with Crippen molar-refractivity contribution >= 4 is 35.0 Å². The Balaban J connectivity index is 1.46. The Hall–Kier alpha value is -1.99. The molecular formula is C19H21NO4S2. The highest BCUT2D eigenvalue weighted by Gasteiger charge is 2.27. The van der Waals surface area contributed by atoms with Crippen molar-refractivity contribution < 1.29 is 19.4 Å². The van der Waals surface area contributed by atoms with Gasteiger partial charge in [0.15, 0.2) is 0 Å². The average molecular weight is 392 g/mol. The standard InChI is InChI=1S/C19H21NO4S2/c21-17(22)2-1-9-24-14-5-3-13(4-6-14)12-20-19(23)18-15-7-10-25-16(15)8-11-26-18/h3-7,10,18H,1-2,8-9,11-12H2,(H,20,23)(H,21,22). The fourth-order valence-electron chi connectivity index (χ4n) is 2.76. The van der Waals surface area contributed by atoms with E-state index in [1.54, 1.807) is 23.1 Å². The van der Waals surface area contributed by atoms with Crippen LogP contribution in [0.4, 0.5) is 0 Å². The molecule has 0 saturated carbocycles. The van der Waals surface area contributed by atoms with Crippen LogP contribution in [-0.4, -0.2) is 29.3 Å². The molecule has 1 aliphatic heterocycles. The SMILES string of the molecule is O=C(O)CCCOc1ccc(CNC(=O)C2SCCc3sccc32)cc1. The lowest BCUT2D eigenvalue weighted by molar-refractivity contribution is -0.137. The van der Waals surface area contributed by atoms with Gasteiger partial charge in [-0.1, -0.05) is 12.1 Å². The summed E-state index contributed by atoms with van der Waals surface area (Å²) in [7, 11) is 0. The Morgan fingerprint density at radius 1 is 1.23 bits per heavy atom. The van der Waals surface area contributed by atoms with Gasteiger partial charge in [-0.15, -0.1) is 23.1 Å². The molecule has 2 N–H and O–H groups in total. The van der Waals surface area contributed by atoms with E-state index in [4.69, 9.17) is 9.84 Å². The third-order valence-electron chi connectivity index (χ3n) is 4.11. The topological polar surface area (TPSA) is 75.6 Å². The van der Waals surface area contributed by atoms with Crippen LogP contribution >= 0.6 is 23.1 Å². The van der Waals surface area contributed by atoms with Crippen molar-refractivity contribution in [3.8, 4) is 5.75 Å². The van der Waals surface area contributed by atoms with Crippen molar-refractivity contribution in [2.24, 2.45) is 0 Å². The van der Waals surface area contributed by atoms with Crippen LogP contribution in [0.5, 0.6) is 5.75 Å². The third-order valence-corrected chi connectivity index (χ3v) is 6.35. The Morgan fingerprint density at radius 3 is 2.81 bits per heavy atom. The summed E-state index contributed by atoms with van der Waals surface area (Å²) in [6, 6.07) is 9.57. The van der Waals surface area contributed by atoms with Crippen molar-refractivity contribution in [3.63, 3.8) is 0 Å². The number of aryl methyl sites for hydroxylation is 1. The Labute approximate surface area is 160 Å². The summed E-state index contributed by atoms with van der Waals surface area (Å²) < 4.78 is 5.51. The zero-order valence-corrected chi connectivity index (χ0v) is 15.9. The number of thiophene rings is 1. The van der Waals surface area contributed by atoms with Crippen LogP contribution in [0.25, 0.3) is 0 Å². The van der Waals surface area contributed by atoms with Gasteiger partial charge in [0, 0.05) is 17.8 Å². The first kappa shape index (κ1) is 18.8. The lowest BCUT2D eigenvalue weighted by Gasteiger charge is -2.21. The maximum atomic E-state index is 12.5. The number of thioether (sulfide) groups is 1. The molecule has 138 valence electrons. The predicted molar refractivity (Wildman–Crippen MR) is 104 cm³/mol. The fraction of sp³-hybridized carbons (Fsp3) is 0.368. The first-order valence-corrected chi connectivity index (χ1v) is 10.5. The quantitative estimate of drug-likeness (QED) is 0.672. The van der Waals surface area contributed by atoms with E-state index in [-0.39, 0.29) is 17.6 Å². The zero-order valence-electron chi connectivity index (χ0n) is 14.3. The summed E-state index contributed by atoms with van der Waals surface area (Å²) >= 11 is 3.43. The van der Waals surface area contributed by atoms with Gasteiger partial charge in [0.05, 0.1) is 6.61 Å². The van der Waals surface area contributed by atoms with Crippen molar-refractivity contribution in [2.45, 2.75) is 31.1 Å². The number of aliphatic carboxylic acids is 1. The number of amides is 1. The van der Waals surface area contributed by atoms with E-state index in [0.29, 0.717) is 25.3 Å². The molecule has 0 radical (unpaired) electrons. The number of benzene rings is 1. The van der Waals surface area contributed by atoms with Crippen LogP contribution in [0.2, 0.25) is 0 Å². The first-order chi connectivity index (χ1) is 12.6. The van der Waals surface area contributed by atoms with E-state index in [1.165, 1.54) is 4.88 Å². The summed E-state index contributed by atoms with van der Waals surface area (Å²) in [5.74, 6) is 0.935. The fourth-order valence-corrected chi connectivity index (χ4v) is 5.08. The van der Waals surface area contributed by atoms with Gasteiger partial charge in [-0.2, -0.15) is 0 Å². The Kier molecular flexibility index (Phi) is 6.57. The van der Waals surface area contributed by atoms with E-state index < -0.39 is 5.97 Å². The number of ether oxygens (including phenoxy) is 1. The van der Waals surface area contributed by atoms with E-state index in [1.807, 2.05) is 24.3 Å². The van der Waals surface area contributed by atoms with Crippen LogP contribution in [0.15, 0.2) is 35.7 Å². The summed E-state index contributed by atoms with van der Waals surface area (Å²) in [6.07, 6.45) is 1.64. The predicted octanol–water partition coefficient (Wildman–Crippen LogP) is 3.64. The van der Waals surface area contributed by atoms with Crippen molar-refractivity contribution in [1.29, 1.82) is 0 Å². The lowest BCUT2D eigenvalue weighted by Crippen LogP contribution is -2.29. The van der Waals surface area contributed by atoms with Crippen LogP contribution in [0, 0.1) is 0 Å². The third kappa shape index (κ3) is 5.02. The molecule has 2 aromatic rings. The normalized spacial score (nSPS) is 15.9. The van der Waals surface area contributed by atoms with Crippen molar-refractivity contribution in [1.82, 2.24) is 5.32 Å². The molecule has 1 unspecified atom stereocenters. The largest absolute Gasteiger partial charge is 0.494 e. The number of carbonyl (C=O) groups excluding carboxylic acids is 1. The van der Waals surface area contributed by atoms with Crippen LogP contribution in [-0.2, 0) is 22.6 Å². The average Bonchev–Trinajstić information content (AvgIpc) is 3.13. The number of carboxylic acids is 1. The molecule has 1 amide bonds. The highest BCUT2D eigenvalue weighted by Crippen LogP contribution is 2.39. The van der Waals surface area contributed by atoms with Gasteiger partial charge in [-0.25, -0.2) is 0 Å². The summed E-state index contributed by atoms with van der Waals surface area (Å²) in [4.78, 5) is 24.3. The van der Waals surface area contributed by atoms with Crippen LogP contribution < -0.4 is 10.1 Å². The Bertz CT molecular complexity index is 757. The molecule has 1 aromatic carbocycles. The molecule has 3 rings (SSSR count). The minimum absolute atomic E-state index is 0.0587. The molecule has 0 saturated heterocycles. The number of hydrogen-bond acceptors (Lipinski definition) is 5. The van der Waals surface area contributed by atoms with Gasteiger partial charge in [0.25, 0.3) is 0 Å². The lowest BCUT2D eigenvalue weighted by atomic mass is 10.1. The van der Waals surface area contributed by atoms with Crippen molar-refractivity contribution in [3.05, 3.63) is 51.7 Å². The summed E-state index contributed by atoms with van der Waals surface area (Å²) in [5, 5.41) is 13.6. The highest BCUT2D eigenvalue weighted by atomic mass is 32.2. The van der Waals surface area contributed by atoms with E-state index >= 15 is 0 Å². The molecule has 7 heteroatoms. The van der Waals surface area contributed by atoms with Gasteiger partial charge in [-0.3, -0.25) is 9.59 Å². The number of nitrogens with one attached hydrogen (secondary N) is 1. The maximum Gasteiger partial charge on any atom is 0.303 e. The molecule has 0 fully saturated rings. The number of fused-ring (bicyclic) bond motifs is 1. The molecule has 1 aliphatic rings. The summed E-state index contributed by atoms with van der Waals surface area (Å²) in [6.45, 7) is 0.860. The van der Waals surface area contributed by atoms with Gasteiger partial charge in [0.1, 0.15) is 11.0 Å². The van der Waals surface area contributed by atoms with Gasteiger partial charge in [0.2, 0.25) is 5.91 Å². The number of carbonyl (C=O) groups is 2. The maximum absolute atomic E-state index is 12.5. The number of carboxylic acid groups (broad SMARTS) is 1. The van der Waals surface area contributed by atoms with Gasteiger partial charge >= 0.3 is 5.97 Å². The minimum atomic E-state index is -0.814. The minimum Gasteiger partial charge on any atom is -0.494 e. The molecule has 1 atom stereocenters. The van der Waals surface area contributed by atoms with E-state index in [0.717, 1.165) is 23.3 Å². The summed E-state index contributed by atoms with van der Waals surface area (Å²) in [5.41, 5.74) is 2.16. The van der Waals surface area contributed by atoms with E-state index in [9.17, 15) is 9.59 Å². The molecule has 26 heavy (non-hydrogen) atoms. The smallest absolute Gasteiger partial charge is 0.303 e. The second-order valence-electron chi connectivity index (χ2n) is 6.01. The molecule has 0 bridgehead atoms. The number of hydrogen-bond donors (Lipinski definition) is 2. The van der Waals surface area contributed by atoms with Crippen LogP contribution in [0.3, 0.4) is 0 Å². The molecule has 0 aliphatic carbocycles. The van der Waals surface area contributed by atoms with E-state index in [2.05, 4.69) is 16.8 Å². The zero-order chi connectivity index (χ0) is 18.4. The molecular weight excluding hydrogens is 370 g/mol. The second kappa shape index (κ2) is 9.09. The Morgan fingerprint density at radius 2 is 2.04 bits per heavy atom. The van der Waals surface area contributed by atoms with Gasteiger partial charge in [-0.05, 0) is 53.3 Å². The highest BCUT2D eigenvalue weighted by molar-refractivity contribution is 8.00. The van der Waals surface area contributed by atoms with Crippen molar-refractivity contribution in [2.75, 3.05) is 12.4 Å². The molecule has 1 aromatic heterocycles. The first-order valence-electron chi connectivity index (χ1n) is 8.52. The monoisotopic (exact) mass is 391 g/mol. The van der Waals surface area contributed by atoms with Gasteiger partial charge < -0.3 is 15.2 Å². The van der Waals surface area contributed by atoms with Crippen LogP contribution in [0.1, 0.15) is 34.1 Å². The molecule has 0 spiro atoms. The second-order valence-corrected chi connectivity index (χ2v) is 8.22. The molecule has 2 heterocycles. The number of rotatable bonds is 8. The molecule has 5 nitrogen and oxygen atoms in total.